The van der Waals surface area contributed by atoms with E-state index >= 15 is 0 Å². The maximum absolute atomic E-state index is 12.5. The Kier molecular flexibility index (Phi) is 6.30. The second-order valence-electron chi connectivity index (χ2n) is 5.75. The normalized spacial score (nSPS) is 16.0. The molecule has 0 spiro atoms. The maximum atomic E-state index is 12.5. The number of hydrogen-bond donors (Lipinski definition) is 2. The number of thiophene rings is 1. The highest BCUT2D eigenvalue weighted by atomic mass is 32.2. The van der Waals surface area contributed by atoms with Crippen molar-refractivity contribution in [1.29, 1.82) is 0 Å². The standard InChI is InChI=1S/C17H15N3O4S4/c1-11-4-6-13(7-5-11)28(23,24)19-18-15(21)10-20-16(22)14(27-17(20)25)9-12-3-2-8-26-12/h2-9,19H,10H2,1H3,(H,18,21). The van der Waals surface area contributed by atoms with Crippen LogP contribution in [0.5, 0.6) is 0 Å². The first-order valence-corrected chi connectivity index (χ1v) is 11.5. The first-order valence-electron chi connectivity index (χ1n) is 7.92. The van der Waals surface area contributed by atoms with Gasteiger partial charge in [0.1, 0.15) is 10.9 Å². The number of amides is 2. The van der Waals surface area contributed by atoms with Crippen molar-refractivity contribution in [2.24, 2.45) is 0 Å². The van der Waals surface area contributed by atoms with Crippen molar-refractivity contribution in [2.75, 3.05) is 6.54 Å². The van der Waals surface area contributed by atoms with Gasteiger partial charge in [0.25, 0.3) is 21.8 Å². The molecular weight excluding hydrogens is 438 g/mol. The highest BCUT2D eigenvalue weighted by Crippen LogP contribution is 2.32. The molecule has 0 unspecified atom stereocenters. The van der Waals surface area contributed by atoms with Crippen molar-refractivity contribution in [3.05, 3.63) is 57.1 Å². The van der Waals surface area contributed by atoms with Gasteiger partial charge in [-0.3, -0.25) is 19.9 Å². The van der Waals surface area contributed by atoms with Crippen molar-refractivity contribution in [3.8, 4) is 0 Å². The van der Waals surface area contributed by atoms with Crippen LogP contribution in [0.25, 0.3) is 6.08 Å². The summed E-state index contributed by atoms with van der Waals surface area (Å²) >= 11 is 7.75. The summed E-state index contributed by atoms with van der Waals surface area (Å²) in [5, 5.41) is 1.89. The summed E-state index contributed by atoms with van der Waals surface area (Å²) in [5.74, 6) is -1.09. The number of rotatable bonds is 6. The molecule has 1 aliphatic heterocycles. The van der Waals surface area contributed by atoms with Gasteiger partial charge in [0.05, 0.1) is 9.80 Å². The Morgan fingerprint density at radius 1 is 1.25 bits per heavy atom. The summed E-state index contributed by atoms with van der Waals surface area (Å²) in [6.45, 7) is 1.45. The molecule has 28 heavy (non-hydrogen) atoms. The van der Waals surface area contributed by atoms with Crippen LogP contribution in [0.15, 0.2) is 51.6 Å². The number of carbonyl (C=O) groups is 2. The molecule has 1 aliphatic rings. The van der Waals surface area contributed by atoms with Crippen LogP contribution < -0.4 is 10.3 Å². The van der Waals surface area contributed by atoms with Crippen LogP contribution in [-0.2, 0) is 19.6 Å². The third-order valence-electron chi connectivity index (χ3n) is 3.65. The summed E-state index contributed by atoms with van der Waals surface area (Å²) in [6.07, 6.45) is 1.71. The lowest BCUT2D eigenvalue weighted by Gasteiger charge is -2.14. The second kappa shape index (κ2) is 8.53. The van der Waals surface area contributed by atoms with Gasteiger partial charge in [-0.15, -0.1) is 16.2 Å². The van der Waals surface area contributed by atoms with Crippen LogP contribution in [0.3, 0.4) is 0 Å². The van der Waals surface area contributed by atoms with Crippen molar-refractivity contribution in [3.63, 3.8) is 0 Å². The quantitative estimate of drug-likeness (QED) is 0.396. The topological polar surface area (TPSA) is 95.6 Å². The minimum atomic E-state index is -3.91. The minimum absolute atomic E-state index is 0.0166. The van der Waals surface area contributed by atoms with Gasteiger partial charge in [-0.2, -0.15) is 0 Å². The average molecular weight is 454 g/mol. The molecule has 1 saturated heterocycles. The number of benzene rings is 1. The fourth-order valence-electron chi connectivity index (χ4n) is 2.22. The number of sulfonamides is 1. The number of hydrazine groups is 1. The molecule has 2 aromatic rings. The molecule has 2 amide bonds. The fourth-order valence-corrected chi connectivity index (χ4v) is 5.06. The van der Waals surface area contributed by atoms with E-state index < -0.39 is 15.9 Å². The van der Waals surface area contributed by atoms with Crippen molar-refractivity contribution >= 4 is 67.6 Å². The van der Waals surface area contributed by atoms with E-state index in [-0.39, 0.29) is 21.7 Å². The number of thiocarbonyl (C=S) groups is 1. The zero-order chi connectivity index (χ0) is 20.3. The average Bonchev–Trinajstić information content (AvgIpc) is 3.25. The van der Waals surface area contributed by atoms with Crippen molar-refractivity contribution in [2.45, 2.75) is 11.8 Å². The molecule has 3 rings (SSSR count). The molecule has 2 heterocycles. The largest absolute Gasteiger partial charge is 0.283 e. The third kappa shape index (κ3) is 4.86. The molecule has 146 valence electrons. The molecule has 2 N–H and O–H groups in total. The van der Waals surface area contributed by atoms with Gasteiger partial charge in [0, 0.05) is 4.88 Å². The van der Waals surface area contributed by atoms with E-state index in [4.69, 9.17) is 12.2 Å². The number of thioether (sulfide) groups is 1. The fraction of sp³-hybridized carbons (Fsp3) is 0.118. The van der Waals surface area contributed by atoms with Gasteiger partial charge in [-0.1, -0.05) is 47.7 Å². The van der Waals surface area contributed by atoms with Crippen LogP contribution in [-0.4, -0.2) is 36.0 Å². The SMILES string of the molecule is Cc1ccc(S(=O)(=O)NNC(=O)CN2C(=O)C(=Cc3cccs3)SC2=S)cc1. The number of carbonyl (C=O) groups excluding carboxylic acids is 2. The number of aryl methyl sites for hydroxylation is 1. The first-order chi connectivity index (χ1) is 13.3. The van der Waals surface area contributed by atoms with Crippen LogP contribution >= 0.6 is 35.3 Å². The van der Waals surface area contributed by atoms with Gasteiger partial charge in [-0.25, -0.2) is 8.42 Å². The maximum Gasteiger partial charge on any atom is 0.266 e. The molecule has 1 fully saturated rings. The first kappa shape index (κ1) is 20.7. The summed E-state index contributed by atoms with van der Waals surface area (Å²) in [7, 11) is -3.91. The summed E-state index contributed by atoms with van der Waals surface area (Å²) in [6, 6.07) is 9.89. The zero-order valence-electron chi connectivity index (χ0n) is 14.5. The van der Waals surface area contributed by atoms with E-state index in [9.17, 15) is 18.0 Å². The number of nitrogens with one attached hydrogen (secondary N) is 2. The lowest BCUT2D eigenvalue weighted by molar-refractivity contribution is -0.128. The minimum Gasteiger partial charge on any atom is -0.283 e. The Labute approximate surface area is 175 Å². The molecule has 11 heteroatoms. The Morgan fingerprint density at radius 3 is 2.61 bits per heavy atom. The van der Waals surface area contributed by atoms with E-state index in [0.29, 0.717) is 4.91 Å². The molecule has 1 aromatic carbocycles. The molecule has 0 radical (unpaired) electrons. The zero-order valence-corrected chi connectivity index (χ0v) is 17.8. The Hall–Kier alpha value is -2.05. The van der Waals surface area contributed by atoms with Gasteiger partial charge in [0.15, 0.2) is 0 Å². The van der Waals surface area contributed by atoms with Crippen molar-refractivity contribution in [1.82, 2.24) is 15.2 Å². The Bertz CT molecular complexity index is 1040. The molecule has 0 bridgehead atoms. The summed E-state index contributed by atoms with van der Waals surface area (Å²) in [4.78, 5) is 29.1. The summed E-state index contributed by atoms with van der Waals surface area (Å²) < 4.78 is 24.6. The predicted molar refractivity (Wildman–Crippen MR) is 114 cm³/mol. The molecule has 0 saturated carbocycles. The molecule has 7 nitrogen and oxygen atoms in total. The predicted octanol–water partition coefficient (Wildman–Crippen LogP) is 2.27. The monoisotopic (exact) mass is 453 g/mol. The molecule has 1 aromatic heterocycles. The van der Waals surface area contributed by atoms with E-state index in [0.717, 1.165) is 27.1 Å². The van der Waals surface area contributed by atoms with Crippen molar-refractivity contribution < 1.29 is 18.0 Å². The van der Waals surface area contributed by atoms with Gasteiger partial charge < -0.3 is 0 Å². The smallest absolute Gasteiger partial charge is 0.266 e. The number of hydrogen-bond acceptors (Lipinski definition) is 7. The van der Waals surface area contributed by atoms with E-state index in [2.05, 4.69) is 5.43 Å². The van der Waals surface area contributed by atoms with Gasteiger partial charge in [-0.05, 0) is 36.6 Å². The second-order valence-corrected chi connectivity index (χ2v) is 10.1. The highest BCUT2D eigenvalue weighted by molar-refractivity contribution is 8.26. The van der Waals surface area contributed by atoms with E-state index in [1.165, 1.54) is 23.5 Å². The number of nitrogens with zero attached hydrogens (tertiary/aromatic N) is 1. The van der Waals surface area contributed by atoms with Gasteiger partial charge in [0.2, 0.25) is 0 Å². The Balaban J connectivity index is 1.61. The molecular formula is C17H15N3O4S4. The van der Waals surface area contributed by atoms with E-state index in [1.54, 1.807) is 18.2 Å². The van der Waals surface area contributed by atoms with Crippen LogP contribution in [0, 0.1) is 6.92 Å². The molecule has 0 atom stereocenters. The van der Waals surface area contributed by atoms with Crippen LogP contribution in [0.4, 0.5) is 0 Å². The van der Waals surface area contributed by atoms with Gasteiger partial charge >= 0.3 is 0 Å². The Morgan fingerprint density at radius 2 is 1.96 bits per heavy atom. The highest BCUT2D eigenvalue weighted by Gasteiger charge is 2.33. The lowest BCUT2D eigenvalue weighted by atomic mass is 10.2. The van der Waals surface area contributed by atoms with Crippen LogP contribution in [0.1, 0.15) is 10.4 Å². The lowest BCUT2D eigenvalue weighted by Crippen LogP contribution is -2.47. The third-order valence-corrected chi connectivity index (χ3v) is 7.11. The van der Waals surface area contributed by atoms with Crippen LogP contribution in [0.2, 0.25) is 0 Å². The molecule has 0 aliphatic carbocycles. The summed E-state index contributed by atoms with van der Waals surface area (Å²) in [5.41, 5.74) is 3.02. The van der Waals surface area contributed by atoms with E-state index in [1.807, 2.05) is 29.3 Å².